The van der Waals surface area contributed by atoms with Crippen molar-refractivity contribution in [2.75, 3.05) is 13.6 Å². The second kappa shape index (κ2) is 3.74. The maximum atomic E-state index is 11.2. The van der Waals surface area contributed by atoms with Crippen molar-refractivity contribution in [2.24, 2.45) is 0 Å². The van der Waals surface area contributed by atoms with Crippen molar-refractivity contribution < 1.29 is 9.18 Å². The number of halogens is 1. The molecule has 1 N–H and O–H groups in total. The van der Waals surface area contributed by atoms with Crippen molar-refractivity contribution in [1.29, 1.82) is 0 Å². The molecule has 0 heterocycles. The molecule has 0 saturated carbocycles. The zero-order chi connectivity index (χ0) is 5.70. The number of hydrogen-bond donors (Lipinski definition) is 1. The summed E-state index contributed by atoms with van der Waals surface area (Å²) >= 11 is 0. The van der Waals surface area contributed by atoms with Crippen molar-refractivity contribution in [3.8, 4) is 0 Å². The number of hydrogen-bond acceptors (Lipinski definition) is 2. The smallest absolute Gasteiger partial charge is 0.302 e. The highest BCUT2D eigenvalue weighted by Crippen LogP contribution is 1.78. The van der Waals surface area contributed by atoms with Crippen LogP contribution in [0, 0.1) is 0 Å². The first-order valence-corrected chi connectivity index (χ1v) is 2.10. The molecule has 0 aliphatic rings. The Kier molecular flexibility index (Phi) is 3.50. The van der Waals surface area contributed by atoms with E-state index in [9.17, 15) is 9.18 Å². The summed E-state index contributed by atoms with van der Waals surface area (Å²) in [5.41, 5.74) is 0. The Bertz CT molecular complexity index is 64.7. The normalized spacial score (nSPS) is 8.86. The lowest BCUT2D eigenvalue weighted by Gasteiger charge is -1.87. The van der Waals surface area contributed by atoms with E-state index in [1.54, 1.807) is 7.05 Å². The fraction of sp³-hybridized carbons (Fsp3) is 0.750. The monoisotopic (exact) mass is 105 g/mol. The van der Waals surface area contributed by atoms with Crippen LogP contribution in [-0.2, 0) is 4.79 Å². The van der Waals surface area contributed by atoms with Crippen LogP contribution in [0.15, 0.2) is 0 Å². The molecule has 0 radical (unpaired) electrons. The van der Waals surface area contributed by atoms with Crippen LogP contribution in [0.1, 0.15) is 6.42 Å². The molecule has 0 amide bonds. The van der Waals surface area contributed by atoms with E-state index in [1.807, 2.05) is 0 Å². The fourth-order valence-corrected chi connectivity index (χ4v) is 0.223. The summed E-state index contributed by atoms with van der Waals surface area (Å²) in [7, 11) is 1.67. The quantitative estimate of drug-likeness (QED) is 0.515. The first kappa shape index (κ1) is 6.56. The Morgan fingerprint density at radius 2 is 2.43 bits per heavy atom. The zero-order valence-electron chi connectivity index (χ0n) is 4.20. The minimum atomic E-state index is -1.26. The van der Waals surface area contributed by atoms with Crippen LogP contribution in [0.2, 0.25) is 0 Å². The molecule has 0 bridgehead atoms. The highest BCUT2D eigenvalue weighted by atomic mass is 19.1. The maximum Gasteiger partial charge on any atom is 0.302 e. The molecule has 0 aliphatic heterocycles. The molecule has 0 fully saturated rings. The Labute approximate surface area is 41.7 Å². The van der Waals surface area contributed by atoms with Crippen LogP contribution in [0.5, 0.6) is 0 Å². The van der Waals surface area contributed by atoms with Gasteiger partial charge in [0.2, 0.25) is 0 Å². The minimum Gasteiger partial charge on any atom is -0.319 e. The van der Waals surface area contributed by atoms with E-state index in [0.29, 0.717) is 6.54 Å². The van der Waals surface area contributed by atoms with E-state index in [0.717, 1.165) is 0 Å². The van der Waals surface area contributed by atoms with Crippen LogP contribution in [0.3, 0.4) is 0 Å². The molecule has 0 unspecified atom stereocenters. The van der Waals surface area contributed by atoms with Crippen molar-refractivity contribution >= 4 is 6.04 Å². The van der Waals surface area contributed by atoms with Crippen LogP contribution in [-0.4, -0.2) is 19.6 Å². The Morgan fingerprint density at radius 1 is 1.86 bits per heavy atom. The van der Waals surface area contributed by atoms with Gasteiger partial charge >= 0.3 is 6.04 Å². The van der Waals surface area contributed by atoms with Crippen LogP contribution in [0.4, 0.5) is 4.39 Å². The van der Waals surface area contributed by atoms with E-state index < -0.39 is 6.04 Å². The topological polar surface area (TPSA) is 29.1 Å². The van der Waals surface area contributed by atoms with Crippen LogP contribution >= 0.6 is 0 Å². The van der Waals surface area contributed by atoms with Gasteiger partial charge in [0.05, 0.1) is 6.42 Å². The van der Waals surface area contributed by atoms with Gasteiger partial charge in [-0.3, -0.25) is 4.79 Å². The van der Waals surface area contributed by atoms with Gasteiger partial charge in [-0.15, -0.1) is 0 Å². The molecule has 0 rings (SSSR count). The van der Waals surface area contributed by atoms with Crippen molar-refractivity contribution in [1.82, 2.24) is 5.32 Å². The second-order valence-electron chi connectivity index (χ2n) is 1.21. The molecule has 2 nitrogen and oxygen atoms in total. The van der Waals surface area contributed by atoms with E-state index in [4.69, 9.17) is 0 Å². The third-order valence-corrected chi connectivity index (χ3v) is 0.572. The Hall–Kier alpha value is -0.440. The highest BCUT2D eigenvalue weighted by Gasteiger charge is 1.92. The minimum absolute atomic E-state index is 0.0174. The highest BCUT2D eigenvalue weighted by molar-refractivity contribution is 5.67. The molecule has 7 heavy (non-hydrogen) atoms. The first-order chi connectivity index (χ1) is 3.27. The summed E-state index contributed by atoms with van der Waals surface area (Å²) in [5, 5.41) is 2.64. The number of rotatable bonds is 3. The lowest BCUT2D eigenvalue weighted by atomic mass is 10.5. The van der Waals surface area contributed by atoms with E-state index in [1.165, 1.54) is 0 Å². The van der Waals surface area contributed by atoms with Crippen LogP contribution in [0.25, 0.3) is 0 Å². The SMILES string of the molecule is CNCCC(=O)F. The molecular weight excluding hydrogens is 97.0 g/mol. The molecule has 0 aliphatic carbocycles. The van der Waals surface area contributed by atoms with Gasteiger partial charge in [-0.2, -0.15) is 4.39 Å². The molecule has 0 aromatic heterocycles. The van der Waals surface area contributed by atoms with Crippen molar-refractivity contribution in [3.63, 3.8) is 0 Å². The van der Waals surface area contributed by atoms with Gasteiger partial charge in [0.25, 0.3) is 0 Å². The molecule has 0 saturated heterocycles. The van der Waals surface area contributed by atoms with Gasteiger partial charge < -0.3 is 5.32 Å². The Morgan fingerprint density at radius 3 is 2.57 bits per heavy atom. The molecule has 0 aromatic carbocycles. The second-order valence-corrected chi connectivity index (χ2v) is 1.21. The lowest BCUT2D eigenvalue weighted by Crippen LogP contribution is -2.09. The van der Waals surface area contributed by atoms with Crippen molar-refractivity contribution in [2.45, 2.75) is 6.42 Å². The third-order valence-electron chi connectivity index (χ3n) is 0.572. The predicted octanol–water partition coefficient (Wildman–Crippen LogP) is 0.0920. The maximum absolute atomic E-state index is 11.2. The largest absolute Gasteiger partial charge is 0.319 e. The lowest BCUT2D eigenvalue weighted by molar-refractivity contribution is -0.129. The standard InChI is InChI=1S/C4H8FNO/c1-6-3-2-4(5)7/h6H,2-3H2,1H3. The number of carbonyl (C=O) groups excluding carboxylic acids is 1. The Balaban J connectivity index is 2.82. The predicted molar refractivity (Wildman–Crippen MR) is 24.7 cm³/mol. The summed E-state index contributed by atoms with van der Waals surface area (Å²) in [4.78, 5) is 9.50. The molecule has 0 spiro atoms. The summed E-state index contributed by atoms with van der Waals surface area (Å²) in [5.74, 6) is 0. The first-order valence-electron chi connectivity index (χ1n) is 2.10. The molecule has 42 valence electrons. The summed E-state index contributed by atoms with van der Waals surface area (Å²) in [6.45, 7) is 0.426. The van der Waals surface area contributed by atoms with Gasteiger partial charge in [-0.1, -0.05) is 0 Å². The zero-order valence-corrected chi connectivity index (χ0v) is 4.20. The molecule has 0 aromatic rings. The van der Waals surface area contributed by atoms with Gasteiger partial charge in [0, 0.05) is 6.54 Å². The van der Waals surface area contributed by atoms with Gasteiger partial charge in [-0.25, -0.2) is 0 Å². The van der Waals surface area contributed by atoms with Crippen molar-refractivity contribution in [3.05, 3.63) is 0 Å². The van der Waals surface area contributed by atoms with Gasteiger partial charge in [0.1, 0.15) is 0 Å². The van der Waals surface area contributed by atoms with E-state index in [2.05, 4.69) is 5.32 Å². The average molecular weight is 105 g/mol. The van der Waals surface area contributed by atoms with Gasteiger partial charge in [0.15, 0.2) is 0 Å². The van der Waals surface area contributed by atoms with Crippen LogP contribution < -0.4 is 5.32 Å². The number of nitrogens with one attached hydrogen (secondary N) is 1. The van der Waals surface area contributed by atoms with Gasteiger partial charge in [-0.05, 0) is 7.05 Å². The average Bonchev–Trinajstić information content (AvgIpc) is 1.61. The number of carbonyl (C=O) groups is 1. The summed E-state index contributed by atoms with van der Waals surface area (Å²) < 4.78 is 11.2. The molecular formula is C4H8FNO. The summed E-state index contributed by atoms with van der Waals surface area (Å²) in [6.07, 6.45) is -0.0174. The summed E-state index contributed by atoms with van der Waals surface area (Å²) in [6, 6.07) is -1.26. The fourth-order valence-electron chi connectivity index (χ4n) is 0.223. The molecule has 3 heteroatoms. The molecule has 0 atom stereocenters. The van der Waals surface area contributed by atoms with E-state index >= 15 is 0 Å². The third kappa shape index (κ3) is 5.56. The van der Waals surface area contributed by atoms with E-state index in [-0.39, 0.29) is 6.42 Å².